The van der Waals surface area contributed by atoms with E-state index in [1.165, 1.54) is 12.1 Å². The quantitative estimate of drug-likeness (QED) is 0.435. The summed E-state index contributed by atoms with van der Waals surface area (Å²) < 4.78 is 38.5. The van der Waals surface area contributed by atoms with Crippen molar-refractivity contribution in [3.63, 3.8) is 0 Å². The van der Waals surface area contributed by atoms with Crippen LogP contribution in [0, 0.1) is 0 Å². The van der Waals surface area contributed by atoms with E-state index in [1.807, 2.05) is 36.4 Å². The molecule has 1 heterocycles. The third kappa shape index (κ3) is 4.10. The number of benzene rings is 3. The Labute approximate surface area is 170 Å². The number of aromatic amines is 1. The Hall–Kier alpha value is -3.87. The van der Waals surface area contributed by atoms with Gasteiger partial charge in [-0.05, 0) is 24.3 Å². The minimum atomic E-state index is -4.41. The van der Waals surface area contributed by atoms with Crippen LogP contribution in [0.2, 0.25) is 0 Å². The minimum Gasteiger partial charge on any atom is -0.336 e. The van der Waals surface area contributed by atoms with Crippen LogP contribution < -0.4 is 5.32 Å². The molecule has 0 aliphatic rings. The molecular weight excluding hydrogens is 391 g/mol. The summed E-state index contributed by atoms with van der Waals surface area (Å²) in [6.07, 6.45) is -4.41. The van der Waals surface area contributed by atoms with Gasteiger partial charge in [0.15, 0.2) is 5.82 Å². The molecule has 2 N–H and O–H groups in total. The third-order valence-electron chi connectivity index (χ3n) is 4.52. The van der Waals surface area contributed by atoms with Crippen LogP contribution in [0.5, 0.6) is 0 Å². The molecule has 0 saturated carbocycles. The lowest BCUT2D eigenvalue weighted by Crippen LogP contribution is -2.12. The molecule has 0 radical (unpaired) electrons. The lowest BCUT2D eigenvalue weighted by molar-refractivity contribution is -0.137. The monoisotopic (exact) mass is 407 g/mol. The highest BCUT2D eigenvalue weighted by molar-refractivity contribution is 6.05. The SMILES string of the molecule is O=C(Nc1nc(-c2ccc(C(F)(F)F)cc2)[nH]c1-c1ccccc1)c1ccccc1. The number of nitrogens with one attached hydrogen (secondary N) is 2. The first-order valence-electron chi connectivity index (χ1n) is 9.11. The molecule has 0 spiro atoms. The molecule has 0 unspecified atom stereocenters. The molecule has 30 heavy (non-hydrogen) atoms. The topological polar surface area (TPSA) is 57.8 Å². The first kappa shape index (κ1) is 19.4. The van der Waals surface area contributed by atoms with Crippen LogP contribution in [0.4, 0.5) is 19.0 Å². The van der Waals surface area contributed by atoms with Crippen molar-refractivity contribution in [2.45, 2.75) is 6.18 Å². The minimum absolute atomic E-state index is 0.296. The van der Waals surface area contributed by atoms with Crippen molar-refractivity contribution in [1.82, 2.24) is 9.97 Å². The van der Waals surface area contributed by atoms with Crippen LogP contribution in [0.1, 0.15) is 15.9 Å². The summed E-state index contributed by atoms with van der Waals surface area (Å²) >= 11 is 0. The molecule has 0 aliphatic heterocycles. The molecule has 3 aromatic carbocycles. The van der Waals surface area contributed by atoms with E-state index in [9.17, 15) is 18.0 Å². The zero-order chi connectivity index (χ0) is 21.1. The fraction of sp³-hybridized carbons (Fsp3) is 0.0435. The van der Waals surface area contributed by atoms with E-state index in [1.54, 1.807) is 24.3 Å². The van der Waals surface area contributed by atoms with E-state index >= 15 is 0 Å². The number of hydrogen-bond donors (Lipinski definition) is 2. The van der Waals surface area contributed by atoms with Gasteiger partial charge in [-0.1, -0.05) is 60.7 Å². The van der Waals surface area contributed by atoms with E-state index in [-0.39, 0.29) is 5.91 Å². The van der Waals surface area contributed by atoms with Crippen LogP contribution in [0.25, 0.3) is 22.6 Å². The summed E-state index contributed by atoms with van der Waals surface area (Å²) in [4.78, 5) is 20.2. The highest BCUT2D eigenvalue weighted by Gasteiger charge is 2.30. The Morgan fingerprint density at radius 3 is 2.00 bits per heavy atom. The normalized spacial score (nSPS) is 11.3. The lowest BCUT2D eigenvalue weighted by Gasteiger charge is -2.06. The number of anilines is 1. The predicted molar refractivity (Wildman–Crippen MR) is 109 cm³/mol. The van der Waals surface area contributed by atoms with Crippen molar-refractivity contribution in [2.24, 2.45) is 0 Å². The molecule has 0 saturated heterocycles. The number of aromatic nitrogens is 2. The summed E-state index contributed by atoms with van der Waals surface area (Å²) in [5.74, 6) is 0.314. The Morgan fingerprint density at radius 2 is 1.40 bits per heavy atom. The van der Waals surface area contributed by atoms with Crippen molar-refractivity contribution in [3.8, 4) is 22.6 Å². The number of alkyl halides is 3. The molecule has 150 valence electrons. The predicted octanol–water partition coefficient (Wildman–Crippen LogP) is 6.01. The molecule has 0 bridgehead atoms. The largest absolute Gasteiger partial charge is 0.416 e. The van der Waals surface area contributed by atoms with Gasteiger partial charge < -0.3 is 10.3 Å². The van der Waals surface area contributed by atoms with Gasteiger partial charge in [-0.15, -0.1) is 0 Å². The molecule has 1 aromatic heterocycles. The van der Waals surface area contributed by atoms with Gasteiger partial charge in [0.05, 0.1) is 11.3 Å². The summed E-state index contributed by atoms with van der Waals surface area (Å²) in [7, 11) is 0. The van der Waals surface area contributed by atoms with Crippen molar-refractivity contribution >= 4 is 11.7 Å². The number of hydrogen-bond acceptors (Lipinski definition) is 2. The second kappa shape index (κ2) is 7.87. The summed E-state index contributed by atoms with van der Waals surface area (Å²) in [6, 6.07) is 22.6. The second-order valence-corrected chi connectivity index (χ2v) is 6.57. The van der Waals surface area contributed by atoms with Crippen LogP contribution in [0.15, 0.2) is 84.9 Å². The van der Waals surface area contributed by atoms with Gasteiger partial charge in [0.2, 0.25) is 0 Å². The molecule has 4 nitrogen and oxygen atoms in total. The van der Waals surface area contributed by atoms with Crippen LogP contribution in [0.3, 0.4) is 0 Å². The van der Waals surface area contributed by atoms with E-state index in [0.29, 0.717) is 28.5 Å². The number of nitrogens with zero attached hydrogens (tertiary/aromatic N) is 1. The van der Waals surface area contributed by atoms with E-state index in [0.717, 1.165) is 17.7 Å². The van der Waals surface area contributed by atoms with Crippen molar-refractivity contribution in [3.05, 3.63) is 96.1 Å². The maximum absolute atomic E-state index is 12.8. The fourth-order valence-corrected chi connectivity index (χ4v) is 3.00. The number of imidazole rings is 1. The van der Waals surface area contributed by atoms with Crippen molar-refractivity contribution in [2.75, 3.05) is 5.32 Å². The van der Waals surface area contributed by atoms with E-state index in [4.69, 9.17) is 0 Å². The average molecular weight is 407 g/mol. The van der Waals surface area contributed by atoms with Gasteiger partial charge in [-0.3, -0.25) is 4.79 Å². The first-order chi connectivity index (χ1) is 14.4. The first-order valence-corrected chi connectivity index (χ1v) is 9.11. The molecule has 0 atom stereocenters. The Kier molecular flexibility index (Phi) is 5.10. The van der Waals surface area contributed by atoms with Crippen molar-refractivity contribution < 1.29 is 18.0 Å². The molecule has 4 rings (SSSR count). The van der Waals surface area contributed by atoms with Crippen LogP contribution in [-0.4, -0.2) is 15.9 Å². The molecule has 0 aliphatic carbocycles. The molecule has 4 aromatic rings. The second-order valence-electron chi connectivity index (χ2n) is 6.57. The maximum atomic E-state index is 12.8. The fourth-order valence-electron chi connectivity index (χ4n) is 3.00. The molecule has 7 heteroatoms. The Morgan fingerprint density at radius 1 is 0.800 bits per heavy atom. The van der Waals surface area contributed by atoms with Gasteiger partial charge in [0, 0.05) is 16.7 Å². The number of rotatable bonds is 4. The number of amides is 1. The number of carbonyl (C=O) groups is 1. The number of halogens is 3. The number of H-pyrrole nitrogens is 1. The average Bonchev–Trinajstić information content (AvgIpc) is 3.18. The smallest absolute Gasteiger partial charge is 0.336 e. The highest BCUT2D eigenvalue weighted by atomic mass is 19.4. The van der Waals surface area contributed by atoms with Gasteiger partial charge in [-0.25, -0.2) is 4.98 Å². The zero-order valence-electron chi connectivity index (χ0n) is 15.6. The van der Waals surface area contributed by atoms with Crippen molar-refractivity contribution in [1.29, 1.82) is 0 Å². The van der Waals surface area contributed by atoms with E-state index in [2.05, 4.69) is 15.3 Å². The molecule has 1 amide bonds. The lowest BCUT2D eigenvalue weighted by atomic mass is 10.1. The standard InChI is InChI=1S/C23H16F3N3O/c24-23(25,26)18-13-11-16(12-14-18)20-27-19(15-7-3-1-4-8-15)21(28-20)29-22(30)17-9-5-2-6-10-17/h1-14H,(H,27,28)(H,29,30). The Bertz CT molecular complexity index is 1150. The maximum Gasteiger partial charge on any atom is 0.416 e. The highest BCUT2D eigenvalue weighted by Crippen LogP contribution is 2.33. The summed E-state index contributed by atoms with van der Waals surface area (Å²) in [5, 5.41) is 2.79. The van der Waals surface area contributed by atoms with Gasteiger partial charge in [0.1, 0.15) is 5.82 Å². The summed E-state index contributed by atoms with van der Waals surface area (Å²) in [6.45, 7) is 0. The van der Waals surface area contributed by atoms with Gasteiger partial charge in [0.25, 0.3) is 5.91 Å². The Balaban J connectivity index is 1.72. The third-order valence-corrected chi connectivity index (χ3v) is 4.52. The summed E-state index contributed by atoms with van der Waals surface area (Å²) in [5.41, 5.74) is 1.55. The zero-order valence-corrected chi connectivity index (χ0v) is 15.6. The van der Waals surface area contributed by atoms with Gasteiger partial charge in [-0.2, -0.15) is 13.2 Å². The van der Waals surface area contributed by atoms with Crippen LogP contribution >= 0.6 is 0 Å². The van der Waals surface area contributed by atoms with Gasteiger partial charge >= 0.3 is 6.18 Å². The number of carbonyl (C=O) groups excluding carboxylic acids is 1. The molecular formula is C23H16F3N3O. The van der Waals surface area contributed by atoms with E-state index < -0.39 is 11.7 Å². The molecule has 0 fully saturated rings. The van der Waals surface area contributed by atoms with Crippen LogP contribution in [-0.2, 0) is 6.18 Å².